The van der Waals surface area contributed by atoms with Gasteiger partial charge in [-0.15, -0.1) is 0 Å². The van der Waals surface area contributed by atoms with Crippen LogP contribution in [0.25, 0.3) is 10.8 Å². The maximum Gasteiger partial charge on any atom is 0.129 e. The summed E-state index contributed by atoms with van der Waals surface area (Å²) >= 11 is 0. The smallest absolute Gasteiger partial charge is 0.129 e. The number of likely N-dealkylation sites (tertiary alicyclic amines) is 1. The molecule has 0 saturated carbocycles. The maximum absolute atomic E-state index is 9.68. The second kappa shape index (κ2) is 9.58. The fraction of sp³-hybridized carbons (Fsp3) is 0.379. The Hall–Kier alpha value is -3.20. The minimum atomic E-state index is 0.0860. The molecule has 3 aromatic carbocycles. The summed E-state index contributed by atoms with van der Waals surface area (Å²) in [6, 6.07) is 21.9. The second-order valence-corrected chi connectivity index (χ2v) is 10.1. The minimum Gasteiger partial charge on any atom is -0.361 e. The summed E-state index contributed by atoms with van der Waals surface area (Å²) in [7, 11) is 0. The lowest BCUT2D eigenvalue weighted by Gasteiger charge is -2.38. The van der Waals surface area contributed by atoms with Crippen molar-refractivity contribution in [3.05, 3.63) is 82.4 Å². The Bertz CT molecular complexity index is 1260. The summed E-state index contributed by atoms with van der Waals surface area (Å²) in [4.78, 5) is 7.35. The molecule has 0 aliphatic carbocycles. The molecule has 2 heterocycles. The van der Waals surface area contributed by atoms with Gasteiger partial charge in [0.1, 0.15) is 5.84 Å². The quantitative estimate of drug-likeness (QED) is 0.558. The van der Waals surface area contributed by atoms with Crippen molar-refractivity contribution in [3.8, 4) is 6.07 Å². The van der Waals surface area contributed by atoms with Gasteiger partial charge in [0.25, 0.3) is 0 Å². The molecule has 5 heteroatoms. The van der Waals surface area contributed by atoms with Crippen LogP contribution in [0.2, 0.25) is 0 Å². The van der Waals surface area contributed by atoms with E-state index in [0.29, 0.717) is 18.4 Å². The lowest BCUT2D eigenvalue weighted by atomic mass is 9.94. The van der Waals surface area contributed by atoms with Gasteiger partial charge in [-0.2, -0.15) is 5.26 Å². The van der Waals surface area contributed by atoms with Gasteiger partial charge in [0, 0.05) is 25.2 Å². The van der Waals surface area contributed by atoms with Crippen molar-refractivity contribution in [2.45, 2.75) is 32.9 Å². The van der Waals surface area contributed by atoms with Crippen molar-refractivity contribution in [2.75, 3.05) is 26.2 Å². The van der Waals surface area contributed by atoms with Gasteiger partial charge in [-0.3, -0.25) is 9.89 Å². The van der Waals surface area contributed by atoms with Gasteiger partial charge in [-0.1, -0.05) is 62.4 Å². The number of nitrogens with one attached hydrogen (secondary N) is 1. The summed E-state index contributed by atoms with van der Waals surface area (Å²) in [6.45, 7) is 8.95. The highest BCUT2D eigenvalue weighted by Gasteiger charge is 2.26. The predicted octanol–water partition coefficient (Wildman–Crippen LogP) is 4.39. The second-order valence-electron chi connectivity index (χ2n) is 10.1. The number of amidine groups is 1. The van der Waals surface area contributed by atoms with Crippen LogP contribution in [0.1, 0.15) is 47.7 Å². The first-order valence-corrected chi connectivity index (χ1v) is 12.3. The van der Waals surface area contributed by atoms with E-state index in [4.69, 9.17) is 10.7 Å². The number of rotatable bonds is 7. The van der Waals surface area contributed by atoms with Crippen LogP contribution in [0.15, 0.2) is 59.6 Å². The van der Waals surface area contributed by atoms with Crippen LogP contribution in [0.4, 0.5) is 0 Å². The Morgan fingerprint density at radius 1 is 1.09 bits per heavy atom. The lowest BCUT2D eigenvalue weighted by molar-refractivity contribution is 0.0984. The molecule has 0 radical (unpaired) electrons. The Kier molecular flexibility index (Phi) is 6.36. The van der Waals surface area contributed by atoms with E-state index in [0.717, 1.165) is 60.7 Å². The van der Waals surface area contributed by atoms with Gasteiger partial charge in [-0.05, 0) is 58.3 Å². The van der Waals surface area contributed by atoms with E-state index in [1.807, 2.05) is 6.07 Å². The number of nitriles is 1. The van der Waals surface area contributed by atoms with Gasteiger partial charge in [0.2, 0.25) is 0 Å². The molecular formula is C29H33N5. The standard InChI is InChI=1S/C29H33N5/c1-19(2)11-21-7-8-22(12-24(21)14-31)28-15-32-29(33-28)27-10-9-23(18-34-16-20(13-30)17-34)25-5-3-4-6-26(25)27/h3-10,12,19-20,28H,11,13,15-18,30H2,1-2H3,(H,32,33). The van der Waals surface area contributed by atoms with E-state index in [1.165, 1.54) is 16.3 Å². The van der Waals surface area contributed by atoms with Gasteiger partial charge in [0.05, 0.1) is 24.2 Å². The summed E-state index contributed by atoms with van der Waals surface area (Å²) in [5.41, 5.74) is 11.3. The summed E-state index contributed by atoms with van der Waals surface area (Å²) in [5, 5.41) is 15.8. The number of fused-ring (bicyclic) bond motifs is 1. The summed E-state index contributed by atoms with van der Waals surface area (Å²) in [5.74, 6) is 2.10. The first-order valence-electron chi connectivity index (χ1n) is 12.3. The molecule has 0 aromatic heterocycles. The minimum absolute atomic E-state index is 0.0860. The molecule has 1 atom stereocenters. The van der Waals surface area contributed by atoms with Crippen LogP contribution in [-0.2, 0) is 13.0 Å². The SMILES string of the molecule is CC(C)Cc1ccc(C2CN=C(c3ccc(CN4CC(CN)C4)c4ccccc34)N2)cc1C#N. The van der Waals surface area contributed by atoms with E-state index < -0.39 is 0 Å². The largest absolute Gasteiger partial charge is 0.361 e. The van der Waals surface area contributed by atoms with E-state index in [2.05, 4.69) is 78.7 Å². The number of hydrogen-bond donors (Lipinski definition) is 2. The average Bonchev–Trinajstić information content (AvgIpc) is 3.31. The fourth-order valence-electron chi connectivity index (χ4n) is 5.23. The Labute approximate surface area is 202 Å². The highest BCUT2D eigenvalue weighted by atomic mass is 15.2. The molecule has 1 fully saturated rings. The fourth-order valence-corrected chi connectivity index (χ4v) is 5.23. The normalized spacial score (nSPS) is 18.6. The number of nitrogens with zero attached hydrogens (tertiary/aromatic N) is 3. The van der Waals surface area contributed by atoms with E-state index in [1.54, 1.807) is 0 Å². The number of aliphatic imine (C=N–C) groups is 1. The molecule has 2 aliphatic rings. The van der Waals surface area contributed by atoms with Crippen LogP contribution < -0.4 is 11.1 Å². The Morgan fingerprint density at radius 3 is 2.59 bits per heavy atom. The van der Waals surface area contributed by atoms with Crippen LogP contribution in [-0.4, -0.2) is 36.9 Å². The molecular weight excluding hydrogens is 418 g/mol. The van der Waals surface area contributed by atoms with E-state index in [-0.39, 0.29) is 6.04 Å². The van der Waals surface area contributed by atoms with Crippen LogP contribution in [0.5, 0.6) is 0 Å². The maximum atomic E-state index is 9.68. The molecule has 5 nitrogen and oxygen atoms in total. The average molecular weight is 452 g/mol. The molecule has 3 N–H and O–H groups in total. The van der Waals surface area contributed by atoms with Crippen molar-refractivity contribution in [3.63, 3.8) is 0 Å². The van der Waals surface area contributed by atoms with Crippen molar-refractivity contribution in [2.24, 2.45) is 22.6 Å². The monoisotopic (exact) mass is 451 g/mol. The Balaban J connectivity index is 1.36. The van der Waals surface area contributed by atoms with Gasteiger partial charge < -0.3 is 11.1 Å². The molecule has 0 bridgehead atoms. The topological polar surface area (TPSA) is 77.4 Å². The van der Waals surface area contributed by atoms with E-state index in [9.17, 15) is 5.26 Å². The summed E-state index contributed by atoms with van der Waals surface area (Å²) in [6.07, 6.45) is 0.922. The molecule has 0 amide bonds. The van der Waals surface area contributed by atoms with Crippen LogP contribution >= 0.6 is 0 Å². The molecule has 1 saturated heterocycles. The lowest BCUT2D eigenvalue weighted by Crippen LogP contribution is -2.49. The first-order chi connectivity index (χ1) is 16.6. The zero-order valence-corrected chi connectivity index (χ0v) is 20.1. The first kappa shape index (κ1) is 22.6. The third-order valence-corrected chi connectivity index (χ3v) is 7.06. The molecule has 0 spiro atoms. The van der Waals surface area contributed by atoms with Crippen LogP contribution in [0.3, 0.4) is 0 Å². The van der Waals surface area contributed by atoms with Crippen molar-refractivity contribution >= 4 is 16.6 Å². The number of hydrogen-bond acceptors (Lipinski definition) is 5. The highest BCUT2D eigenvalue weighted by molar-refractivity contribution is 6.11. The molecule has 3 aromatic rings. The van der Waals surface area contributed by atoms with Crippen molar-refractivity contribution in [1.29, 1.82) is 5.26 Å². The van der Waals surface area contributed by atoms with Gasteiger partial charge in [-0.25, -0.2) is 0 Å². The molecule has 1 unspecified atom stereocenters. The Morgan fingerprint density at radius 2 is 1.85 bits per heavy atom. The number of benzene rings is 3. The number of nitrogens with two attached hydrogens (primary N) is 1. The summed E-state index contributed by atoms with van der Waals surface area (Å²) < 4.78 is 0. The molecule has 5 rings (SSSR count). The van der Waals surface area contributed by atoms with Crippen LogP contribution in [0, 0.1) is 23.2 Å². The van der Waals surface area contributed by atoms with Gasteiger partial charge >= 0.3 is 0 Å². The molecule has 2 aliphatic heterocycles. The third-order valence-electron chi connectivity index (χ3n) is 7.06. The third kappa shape index (κ3) is 4.44. The highest BCUT2D eigenvalue weighted by Crippen LogP contribution is 2.29. The van der Waals surface area contributed by atoms with Crippen molar-refractivity contribution < 1.29 is 0 Å². The molecule has 34 heavy (non-hydrogen) atoms. The van der Waals surface area contributed by atoms with Gasteiger partial charge in [0.15, 0.2) is 0 Å². The zero-order valence-electron chi connectivity index (χ0n) is 20.1. The predicted molar refractivity (Wildman–Crippen MR) is 139 cm³/mol. The zero-order chi connectivity index (χ0) is 23.7. The van der Waals surface area contributed by atoms with Crippen molar-refractivity contribution in [1.82, 2.24) is 10.2 Å². The molecule has 174 valence electrons. The van der Waals surface area contributed by atoms with E-state index >= 15 is 0 Å².